The summed E-state index contributed by atoms with van der Waals surface area (Å²) in [6.07, 6.45) is -3.23. The Hall–Kier alpha value is -0.250. The third-order valence-electron chi connectivity index (χ3n) is 3.61. The van der Waals surface area contributed by atoms with E-state index in [1.165, 1.54) is 0 Å². The van der Waals surface area contributed by atoms with Crippen LogP contribution < -0.4 is 0 Å². The molecule has 4 heteroatoms. The van der Waals surface area contributed by atoms with Crippen molar-refractivity contribution >= 4 is 0 Å². The standard InChI is InChI=1S/C11H18F3N/c1-7(2)3-11-4-8(12)5-15(11)6-9(13)10(11)14/h7-10H,3-6H2,1-2H3/t8-,9-,10-,11-/m1/s1. The number of rotatable bonds is 2. The summed E-state index contributed by atoms with van der Waals surface area (Å²) in [6.45, 7) is 4.20. The Morgan fingerprint density at radius 2 is 1.93 bits per heavy atom. The van der Waals surface area contributed by atoms with E-state index in [0.717, 1.165) is 0 Å². The highest BCUT2D eigenvalue weighted by atomic mass is 19.2. The van der Waals surface area contributed by atoms with Crippen molar-refractivity contribution in [1.29, 1.82) is 0 Å². The number of halogens is 3. The second kappa shape index (κ2) is 3.65. The Morgan fingerprint density at radius 1 is 1.27 bits per heavy atom. The van der Waals surface area contributed by atoms with Gasteiger partial charge in [0, 0.05) is 19.5 Å². The summed E-state index contributed by atoms with van der Waals surface area (Å²) in [4.78, 5) is 1.69. The van der Waals surface area contributed by atoms with Gasteiger partial charge in [0.15, 0.2) is 6.17 Å². The molecule has 0 bridgehead atoms. The van der Waals surface area contributed by atoms with Gasteiger partial charge >= 0.3 is 0 Å². The predicted molar refractivity (Wildman–Crippen MR) is 53.1 cm³/mol. The molecule has 2 aliphatic heterocycles. The van der Waals surface area contributed by atoms with Crippen LogP contribution in [-0.4, -0.2) is 42.0 Å². The molecule has 2 aliphatic rings. The molecule has 0 unspecified atom stereocenters. The predicted octanol–water partition coefficient (Wildman–Crippen LogP) is 2.50. The number of fused-ring (bicyclic) bond motifs is 1. The number of alkyl halides is 3. The molecule has 2 fully saturated rings. The van der Waals surface area contributed by atoms with Crippen LogP contribution in [0.1, 0.15) is 26.7 Å². The van der Waals surface area contributed by atoms with Crippen LogP contribution >= 0.6 is 0 Å². The zero-order valence-corrected chi connectivity index (χ0v) is 9.22. The van der Waals surface area contributed by atoms with Gasteiger partial charge in [0.2, 0.25) is 0 Å². The van der Waals surface area contributed by atoms with E-state index in [-0.39, 0.29) is 25.4 Å². The summed E-state index contributed by atoms with van der Waals surface area (Å²) in [5, 5.41) is 0. The van der Waals surface area contributed by atoms with Gasteiger partial charge in [0.1, 0.15) is 12.3 Å². The highest BCUT2D eigenvalue weighted by Gasteiger charge is 2.59. The van der Waals surface area contributed by atoms with Crippen molar-refractivity contribution in [2.24, 2.45) is 5.92 Å². The Morgan fingerprint density at radius 3 is 2.53 bits per heavy atom. The maximum atomic E-state index is 13.9. The van der Waals surface area contributed by atoms with Gasteiger partial charge in [0.25, 0.3) is 0 Å². The smallest absolute Gasteiger partial charge is 0.151 e. The Bertz CT molecular complexity index is 246. The van der Waals surface area contributed by atoms with Crippen LogP contribution in [0.25, 0.3) is 0 Å². The SMILES string of the molecule is CC(C)C[C@]12C[C@@H](F)CN1C[C@@H](F)[C@H]2F. The fourth-order valence-electron chi connectivity index (χ4n) is 3.21. The summed E-state index contributed by atoms with van der Waals surface area (Å²) in [5.74, 6) is 0.265. The number of hydrogen-bond acceptors (Lipinski definition) is 1. The molecule has 2 saturated heterocycles. The Kier molecular flexibility index (Phi) is 2.73. The molecule has 0 aromatic rings. The van der Waals surface area contributed by atoms with E-state index < -0.39 is 24.1 Å². The van der Waals surface area contributed by atoms with Gasteiger partial charge in [-0.15, -0.1) is 0 Å². The third-order valence-corrected chi connectivity index (χ3v) is 3.61. The quantitative estimate of drug-likeness (QED) is 0.692. The van der Waals surface area contributed by atoms with Crippen LogP contribution in [0.4, 0.5) is 13.2 Å². The minimum absolute atomic E-state index is 0.0638. The summed E-state index contributed by atoms with van der Waals surface area (Å²) in [6, 6.07) is 0. The lowest BCUT2D eigenvalue weighted by Gasteiger charge is -2.34. The molecular weight excluding hydrogens is 203 g/mol. The van der Waals surface area contributed by atoms with Crippen molar-refractivity contribution in [3.8, 4) is 0 Å². The molecule has 1 nitrogen and oxygen atoms in total. The largest absolute Gasteiger partial charge is 0.289 e. The highest BCUT2D eigenvalue weighted by molar-refractivity contribution is 5.12. The lowest BCUT2D eigenvalue weighted by atomic mass is 9.83. The molecule has 0 spiro atoms. The molecule has 0 radical (unpaired) electrons. The molecule has 0 aromatic heterocycles. The van der Waals surface area contributed by atoms with Crippen molar-refractivity contribution in [2.75, 3.05) is 13.1 Å². The van der Waals surface area contributed by atoms with Crippen LogP contribution in [0.2, 0.25) is 0 Å². The Balaban J connectivity index is 2.22. The van der Waals surface area contributed by atoms with Gasteiger partial charge in [-0.1, -0.05) is 13.8 Å². The maximum Gasteiger partial charge on any atom is 0.151 e. The second-order valence-electron chi connectivity index (χ2n) is 5.33. The van der Waals surface area contributed by atoms with E-state index >= 15 is 0 Å². The molecule has 0 saturated carbocycles. The fraction of sp³-hybridized carbons (Fsp3) is 1.00. The van der Waals surface area contributed by atoms with Crippen molar-refractivity contribution in [1.82, 2.24) is 4.90 Å². The van der Waals surface area contributed by atoms with Gasteiger partial charge in [-0.2, -0.15) is 0 Å². The first-order valence-corrected chi connectivity index (χ1v) is 5.63. The van der Waals surface area contributed by atoms with E-state index in [2.05, 4.69) is 0 Å². The van der Waals surface area contributed by atoms with Gasteiger partial charge in [-0.3, -0.25) is 4.90 Å². The first-order valence-electron chi connectivity index (χ1n) is 5.63. The molecule has 0 aromatic carbocycles. The van der Waals surface area contributed by atoms with Crippen LogP contribution in [0.3, 0.4) is 0 Å². The monoisotopic (exact) mass is 221 g/mol. The average Bonchev–Trinajstić information content (AvgIpc) is 2.49. The third kappa shape index (κ3) is 1.67. The lowest BCUT2D eigenvalue weighted by molar-refractivity contribution is 0.0776. The fourth-order valence-corrected chi connectivity index (χ4v) is 3.21. The van der Waals surface area contributed by atoms with Crippen molar-refractivity contribution in [3.05, 3.63) is 0 Å². The van der Waals surface area contributed by atoms with E-state index in [9.17, 15) is 13.2 Å². The molecule has 0 aliphatic carbocycles. The van der Waals surface area contributed by atoms with E-state index in [4.69, 9.17) is 0 Å². The molecule has 0 amide bonds. The topological polar surface area (TPSA) is 3.24 Å². The van der Waals surface area contributed by atoms with Crippen LogP contribution in [0.5, 0.6) is 0 Å². The van der Waals surface area contributed by atoms with Gasteiger partial charge in [0.05, 0.1) is 5.54 Å². The van der Waals surface area contributed by atoms with Gasteiger partial charge < -0.3 is 0 Å². The lowest BCUT2D eigenvalue weighted by Crippen LogP contribution is -2.45. The molecular formula is C11H18F3N. The molecule has 2 rings (SSSR count). The normalized spacial score (nSPS) is 46.4. The van der Waals surface area contributed by atoms with Crippen LogP contribution in [0, 0.1) is 5.92 Å². The van der Waals surface area contributed by atoms with Crippen molar-refractivity contribution < 1.29 is 13.2 Å². The zero-order valence-electron chi connectivity index (χ0n) is 9.22. The van der Waals surface area contributed by atoms with Crippen LogP contribution in [-0.2, 0) is 0 Å². The maximum absolute atomic E-state index is 13.9. The summed E-state index contributed by atoms with van der Waals surface area (Å²) in [7, 11) is 0. The first-order chi connectivity index (χ1) is 6.95. The van der Waals surface area contributed by atoms with Gasteiger partial charge in [-0.05, 0) is 12.3 Å². The van der Waals surface area contributed by atoms with Crippen LogP contribution in [0.15, 0.2) is 0 Å². The summed E-state index contributed by atoms with van der Waals surface area (Å²) in [5.41, 5.74) is -0.854. The molecule has 15 heavy (non-hydrogen) atoms. The minimum atomic E-state index is -1.51. The molecule has 0 N–H and O–H groups in total. The summed E-state index contributed by atoms with van der Waals surface area (Å²) < 4.78 is 40.5. The molecule has 88 valence electrons. The number of hydrogen-bond donors (Lipinski definition) is 0. The van der Waals surface area contributed by atoms with Gasteiger partial charge in [-0.25, -0.2) is 13.2 Å². The summed E-state index contributed by atoms with van der Waals surface area (Å²) >= 11 is 0. The average molecular weight is 221 g/mol. The van der Waals surface area contributed by atoms with E-state index in [1.807, 2.05) is 13.8 Å². The Labute approximate surface area is 88.6 Å². The molecule has 4 atom stereocenters. The zero-order chi connectivity index (χ0) is 11.2. The minimum Gasteiger partial charge on any atom is -0.289 e. The number of nitrogens with zero attached hydrogens (tertiary/aromatic N) is 1. The first kappa shape index (κ1) is 11.2. The highest BCUT2D eigenvalue weighted by Crippen LogP contribution is 2.46. The van der Waals surface area contributed by atoms with E-state index in [0.29, 0.717) is 6.42 Å². The second-order valence-corrected chi connectivity index (χ2v) is 5.33. The van der Waals surface area contributed by atoms with Crippen molar-refractivity contribution in [3.63, 3.8) is 0 Å². The molecule has 2 heterocycles. The van der Waals surface area contributed by atoms with E-state index in [1.54, 1.807) is 4.90 Å². The van der Waals surface area contributed by atoms with Crippen molar-refractivity contribution in [2.45, 2.75) is 50.7 Å².